The van der Waals surface area contributed by atoms with Crippen LogP contribution in [0.3, 0.4) is 0 Å². The van der Waals surface area contributed by atoms with Crippen molar-refractivity contribution in [2.24, 2.45) is 7.05 Å². The third-order valence-electron chi connectivity index (χ3n) is 4.70. The predicted molar refractivity (Wildman–Crippen MR) is 103 cm³/mol. The van der Waals surface area contributed by atoms with Gasteiger partial charge in [0.05, 0.1) is 17.7 Å². The molecule has 5 nitrogen and oxygen atoms in total. The van der Waals surface area contributed by atoms with Crippen LogP contribution in [-0.2, 0) is 11.8 Å². The summed E-state index contributed by atoms with van der Waals surface area (Å²) < 4.78 is 6.77. The summed E-state index contributed by atoms with van der Waals surface area (Å²) in [5.74, 6) is 1.27. The van der Waals surface area contributed by atoms with E-state index in [1.165, 1.54) is 11.3 Å². The monoisotopic (exact) mass is 366 g/mol. The van der Waals surface area contributed by atoms with Crippen LogP contribution >= 0.6 is 11.3 Å². The Bertz CT molecular complexity index is 1010. The average molecular weight is 366 g/mol. The molecule has 0 saturated carbocycles. The molecule has 4 rings (SSSR count). The number of fused-ring (bicyclic) bond motifs is 1. The van der Waals surface area contributed by atoms with E-state index in [0.717, 1.165) is 21.9 Å². The molecular weight excluding hydrogens is 348 g/mol. The molecule has 26 heavy (non-hydrogen) atoms. The number of rotatable bonds is 3. The Kier molecular flexibility index (Phi) is 4.12. The molecule has 0 N–H and O–H groups in total. The molecule has 1 atom stereocenters. The van der Waals surface area contributed by atoms with Gasteiger partial charge >= 0.3 is 4.87 Å². The second-order valence-electron chi connectivity index (χ2n) is 6.21. The Morgan fingerprint density at radius 3 is 2.38 bits per heavy atom. The van der Waals surface area contributed by atoms with E-state index in [0.29, 0.717) is 12.2 Å². The SMILES string of the molecule is COc1ccc(N2C(=O)C[C@@H](c3ccccc3)c3sc(=O)n(C)c32)cc1. The van der Waals surface area contributed by atoms with Crippen molar-refractivity contribution in [2.45, 2.75) is 12.3 Å². The molecule has 2 aromatic carbocycles. The summed E-state index contributed by atoms with van der Waals surface area (Å²) in [4.78, 5) is 27.9. The number of hydrogen-bond acceptors (Lipinski definition) is 4. The zero-order valence-corrected chi connectivity index (χ0v) is 15.3. The molecule has 0 bridgehead atoms. The van der Waals surface area contributed by atoms with Crippen LogP contribution in [0.15, 0.2) is 59.4 Å². The van der Waals surface area contributed by atoms with Crippen molar-refractivity contribution < 1.29 is 9.53 Å². The fourth-order valence-corrected chi connectivity index (χ4v) is 4.47. The zero-order chi connectivity index (χ0) is 18.3. The van der Waals surface area contributed by atoms with Gasteiger partial charge in [0.1, 0.15) is 11.6 Å². The number of thiazole rings is 1. The number of ether oxygens (including phenoxy) is 1. The standard InChI is InChI=1S/C20H18N2O3S/c1-21-19-18(26-20(21)24)16(13-6-4-3-5-7-13)12-17(23)22(19)14-8-10-15(25-2)11-9-14/h3-11,16H,12H2,1-2H3/t16-/m0/s1. The lowest BCUT2D eigenvalue weighted by Crippen LogP contribution is -2.34. The third-order valence-corrected chi connectivity index (χ3v) is 5.83. The number of methoxy groups -OCH3 is 1. The summed E-state index contributed by atoms with van der Waals surface area (Å²) in [6.07, 6.45) is 0.336. The van der Waals surface area contributed by atoms with Gasteiger partial charge in [-0.2, -0.15) is 0 Å². The van der Waals surface area contributed by atoms with Gasteiger partial charge in [0.25, 0.3) is 0 Å². The van der Waals surface area contributed by atoms with E-state index in [-0.39, 0.29) is 16.7 Å². The lowest BCUT2D eigenvalue weighted by Gasteiger charge is -2.32. The number of aromatic nitrogens is 1. The Balaban J connectivity index is 1.86. The van der Waals surface area contributed by atoms with Gasteiger partial charge in [-0.1, -0.05) is 41.7 Å². The van der Waals surface area contributed by atoms with Gasteiger partial charge in [0, 0.05) is 19.4 Å². The highest BCUT2D eigenvalue weighted by atomic mass is 32.1. The molecule has 132 valence electrons. The van der Waals surface area contributed by atoms with E-state index < -0.39 is 0 Å². The molecule has 1 amide bonds. The first-order valence-electron chi connectivity index (χ1n) is 8.32. The van der Waals surface area contributed by atoms with Crippen molar-refractivity contribution in [3.8, 4) is 5.75 Å². The van der Waals surface area contributed by atoms with Gasteiger partial charge in [0.2, 0.25) is 5.91 Å². The van der Waals surface area contributed by atoms with Gasteiger partial charge in [-0.25, -0.2) is 0 Å². The van der Waals surface area contributed by atoms with Crippen LogP contribution in [0.5, 0.6) is 5.75 Å². The van der Waals surface area contributed by atoms with Crippen LogP contribution in [0, 0.1) is 0 Å². The normalized spacial score (nSPS) is 16.5. The van der Waals surface area contributed by atoms with Gasteiger partial charge < -0.3 is 4.74 Å². The van der Waals surface area contributed by atoms with Crippen LogP contribution < -0.4 is 14.5 Å². The van der Waals surface area contributed by atoms with Crippen molar-refractivity contribution in [3.63, 3.8) is 0 Å². The quantitative estimate of drug-likeness (QED) is 0.711. The maximum atomic E-state index is 13.0. The second kappa shape index (κ2) is 6.46. The smallest absolute Gasteiger partial charge is 0.308 e. The number of benzene rings is 2. The summed E-state index contributed by atoms with van der Waals surface area (Å²) in [5, 5.41) is 0. The third kappa shape index (κ3) is 2.63. The highest BCUT2D eigenvalue weighted by Gasteiger charge is 2.37. The summed E-state index contributed by atoms with van der Waals surface area (Å²) in [5.41, 5.74) is 1.79. The molecule has 0 saturated heterocycles. The summed E-state index contributed by atoms with van der Waals surface area (Å²) in [7, 11) is 3.32. The summed E-state index contributed by atoms with van der Waals surface area (Å²) >= 11 is 1.22. The van der Waals surface area contributed by atoms with Crippen molar-refractivity contribution in [1.82, 2.24) is 4.57 Å². The van der Waals surface area contributed by atoms with Gasteiger partial charge in [-0.3, -0.25) is 19.1 Å². The Labute approximate surface area is 155 Å². The Morgan fingerprint density at radius 1 is 1.04 bits per heavy atom. The van der Waals surface area contributed by atoms with Gasteiger partial charge in [-0.15, -0.1) is 0 Å². The molecule has 0 aliphatic carbocycles. The first-order chi connectivity index (χ1) is 12.6. The van der Waals surface area contributed by atoms with Crippen molar-refractivity contribution >= 4 is 28.7 Å². The molecule has 0 spiro atoms. The van der Waals surface area contributed by atoms with Crippen LogP contribution in [0.25, 0.3) is 0 Å². The highest BCUT2D eigenvalue weighted by Crippen LogP contribution is 2.44. The molecule has 1 aliphatic rings. The van der Waals surface area contributed by atoms with Crippen molar-refractivity contribution in [2.75, 3.05) is 12.0 Å². The number of hydrogen-bond donors (Lipinski definition) is 0. The van der Waals surface area contributed by atoms with Crippen molar-refractivity contribution in [3.05, 3.63) is 74.7 Å². The van der Waals surface area contributed by atoms with Crippen LogP contribution in [0.2, 0.25) is 0 Å². The minimum atomic E-state index is -0.0906. The molecular formula is C20H18N2O3S. The Morgan fingerprint density at radius 2 is 1.73 bits per heavy atom. The van der Waals surface area contributed by atoms with E-state index in [1.54, 1.807) is 23.6 Å². The predicted octanol–water partition coefficient (Wildman–Crippen LogP) is 3.66. The number of carbonyl (C=O) groups is 1. The number of nitrogens with zero attached hydrogens (tertiary/aromatic N) is 2. The highest BCUT2D eigenvalue weighted by molar-refractivity contribution is 7.10. The summed E-state index contributed by atoms with van der Waals surface area (Å²) in [6.45, 7) is 0. The van der Waals surface area contributed by atoms with E-state index in [4.69, 9.17) is 4.74 Å². The van der Waals surface area contributed by atoms with E-state index in [1.807, 2.05) is 54.6 Å². The van der Waals surface area contributed by atoms with Crippen LogP contribution in [-0.4, -0.2) is 17.6 Å². The largest absolute Gasteiger partial charge is 0.497 e. The van der Waals surface area contributed by atoms with Gasteiger partial charge in [-0.05, 0) is 29.8 Å². The first-order valence-corrected chi connectivity index (χ1v) is 9.13. The molecule has 1 aromatic heterocycles. The average Bonchev–Trinajstić information content (AvgIpc) is 2.97. The number of amides is 1. The van der Waals surface area contributed by atoms with Crippen molar-refractivity contribution in [1.29, 1.82) is 0 Å². The lowest BCUT2D eigenvalue weighted by molar-refractivity contribution is -0.118. The van der Waals surface area contributed by atoms with Crippen LogP contribution in [0.4, 0.5) is 11.5 Å². The molecule has 0 fully saturated rings. The number of anilines is 2. The topological polar surface area (TPSA) is 51.5 Å². The molecule has 0 radical (unpaired) electrons. The fourth-order valence-electron chi connectivity index (χ4n) is 3.38. The summed E-state index contributed by atoms with van der Waals surface area (Å²) in [6, 6.07) is 17.2. The molecule has 0 unspecified atom stereocenters. The Hall–Kier alpha value is -2.86. The maximum absolute atomic E-state index is 13.0. The minimum Gasteiger partial charge on any atom is -0.497 e. The number of carbonyl (C=O) groups excluding carboxylic acids is 1. The maximum Gasteiger partial charge on any atom is 0.308 e. The molecule has 1 aliphatic heterocycles. The fraction of sp³-hybridized carbons (Fsp3) is 0.200. The zero-order valence-electron chi connectivity index (χ0n) is 14.5. The van der Waals surface area contributed by atoms with E-state index >= 15 is 0 Å². The van der Waals surface area contributed by atoms with Gasteiger partial charge in [0.15, 0.2) is 0 Å². The second-order valence-corrected chi connectivity index (χ2v) is 7.20. The van der Waals surface area contributed by atoms with Crippen LogP contribution in [0.1, 0.15) is 22.8 Å². The van der Waals surface area contributed by atoms with E-state index in [9.17, 15) is 9.59 Å². The molecule has 3 aromatic rings. The molecule has 6 heteroatoms. The minimum absolute atomic E-state index is 0.0232. The first kappa shape index (κ1) is 16.6. The molecule has 2 heterocycles. The van der Waals surface area contributed by atoms with E-state index in [2.05, 4.69) is 0 Å². The lowest BCUT2D eigenvalue weighted by atomic mass is 9.90.